The Morgan fingerprint density at radius 3 is 2.33 bits per heavy atom. The number of carbonyl (C=O) groups is 1. The summed E-state index contributed by atoms with van der Waals surface area (Å²) in [4.78, 5) is 12.4. The van der Waals surface area contributed by atoms with Gasteiger partial charge >= 0.3 is 0 Å². The fourth-order valence-corrected chi connectivity index (χ4v) is 1.67. The van der Waals surface area contributed by atoms with Crippen molar-refractivity contribution in [3.8, 4) is 0 Å². The highest BCUT2D eigenvalue weighted by atomic mass is 16.1. The van der Waals surface area contributed by atoms with Crippen molar-refractivity contribution in [1.82, 2.24) is 4.90 Å². The molecule has 15 heavy (non-hydrogen) atoms. The summed E-state index contributed by atoms with van der Waals surface area (Å²) in [5, 5.41) is 0. The Morgan fingerprint density at radius 1 is 1.13 bits per heavy atom. The van der Waals surface area contributed by atoms with Gasteiger partial charge in [-0.1, -0.05) is 12.1 Å². The molecule has 0 spiro atoms. The van der Waals surface area contributed by atoms with Gasteiger partial charge in [0.2, 0.25) is 0 Å². The molecular weight excluding hydrogens is 186 g/mol. The summed E-state index contributed by atoms with van der Waals surface area (Å²) in [5.74, 6) is 0. The number of hydrogen-bond acceptors (Lipinski definition) is 2. The zero-order valence-corrected chi connectivity index (χ0v) is 10.0. The SMILES string of the molecule is Cc1cc(C)c(CN(C)CC=O)cc1C. The predicted molar refractivity (Wildman–Crippen MR) is 63.1 cm³/mol. The monoisotopic (exact) mass is 205 g/mol. The second-order valence-corrected chi connectivity index (χ2v) is 4.23. The molecule has 0 atom stereocenters. The van der Waals surface area contributed by atoms with Gasteiger partial charge in [-0.3, -0.25) is 4.90 Å². The molecule has 82 valence electrons. The van der Waals surface area contributed by atoms with Gasteiger partial charge in [-0.25, -0.2) is 0 Å². The molecule has 1 aromatic carbocycles. The molecule has 0 saturated heterocycles. The summed E-state index contributed by atoms with van der Waals surface area (Å²) < 4.78 is 0. The second kappa shape index (κ2) is 5.08. The molecule has 0 amide bonds. The fourth-order valence-electron chi connectivity index (χ4n) is 1.67. The van der Waals surface area contributed by atoms with Gasteiger partial charge in [-0.05, 0) is 50.1 Å². The quantitative estimate of drug-likeness (QED) is 0.703. The first-order valence-corrected chi connectivity index (χ1v) is 5.23. The molecule has 0 fully saturated rings. The third-order valence-electron chi connectivity index (χ3n) is 2.78. The second-order valence-electron chi connectivity index (χ2n) is 4.23. The molecule has 0 saturated carbocycles. The van der Waals surface area contributed by atoms with E-state index in [9.17, 15) is 4.79 Å². The normalized spacial score (nSPS) is 10.7. The maximum atomic E-state index is 10.4. The molecule has 2 nitrogen and oxygen atoms in total. The Labute approximate surface area is 91.9 Å². The lowest BCUT2D eigenvalue weighted by atomic mass is 10.0. The van der Waals surface area contributed by atoms with Crippen LogP contribution in [-0.2, 0) is 11.3 Å². The minimum absolute atomic E-state index is 0.492. The Kier molecular flexibility index (Phi) is 4.04. The van der Waals surface area contributed by atoms with Crippen molar-refractivity contribution in [3.05, 3.63) is 34.4 Å². The summed E-state index contributed by atoms with van der Waals surface area (Å²) in [7, 11) is 1.96. The zero-order chi connectivity index (χ0) is 11.4. The Balaban J connectivity index is 2.85. The van der Waals surface area contributed by atoms with Crippen molar-refractivity contribution >= 4 is 6.29 Å². The number of benzene rings is 1. The van der Waals surface area contributed by atoms with Crippen LogP contribution in [0, 0.1) is 20.8 Å². The van der Waals surface area contributed by atoms with E-state index in [4.69, 9.17) is 0 Å². The van der Waals surface area contributed by atoms with E-state index in [1.165, 1.54) is 22.3 Å². The van der Waals surface area contributed by atoms with Crippen molar-refractivity contribution in [2.75, 3.05) is 13.6 Å². The molecule has 0 aliphatic heterocycles. The predicted octanol–water partition coefficient (Wildman–Crippen LogP) is 2.24. The topological polar surface area (TPSA) is 20.3 Å². The van der Waals surface area contributed by atoms with E-state index in [1.54, 1.807) is 0 Å². The molecule has 0 bridgehead atoms. The molecule has 2 heteroatoms. The summed E-state index contributed by atoms with van der Waals surface area (Å²) in [5.41, 5.74) is 5.25. The first-order chi connectivity index (χ1) is 7.04. The maximum Gasteiger partial charge on any atom is 0.133 e. The van der Waals surface area contributed by atoms with Crippen molar-refractivity contribution in [3.63, 3.8) is 0 Å². The highest BCUT2D eigenvalue weighted by molar-refractivity contribution is 5.52. The molecule has 0 heterocycles. The summed E-state index contributed by atoms with van der Waals surface area (Å²) in [6.07, 6.45) is 0.941. The molecule has 1 aromatic rings. The van der Waals surface area contributed by atoms with Crippen molar-refractivity contribution in [1.29, 1.82) is 0 Å². The van der Waals surface area contributed by atoms with Crippen LogP contribution in [0.3, 0.4) is 0 Å². The smallest absolute Gasteiger partial charge is 0.133 e. The summed E-state index contributed by atoms with van der Waals surface area (Å²) >= 11 is 0. The van der Waals surface area contributed by atoms with Crippen LogP contribution in [0.4, 0.5) is 0 Å². The van der Waals surface area contributed by atoms with Crippen LogP contribution in [0.1, 0.15) is 22.3 Å². The molecule has 0 aromatic heterocycles. The average Bonchev–Trinajstić information content (AvgIpc) is 2.14. The highest BCUT2D eigenvalue weighted by Gasteiger charge is 2.04. The van der Waals surface area contributed by atoms with Crippen LogP contribution < -0.4 is 0 Å². The van der Waals surface area contributed by atoms with E-state index in [-0.39, 0.29) is 0 Å². The summed E-state index contributed by atoms with van der Waals surface area (Å²) in [6, 6.07) is 4.42. The number of hydrogen-bond donors (Lipinski definition) is 0. The number of likely N-dealkylation sites (N-methyl/N-ethyl adjacent to an activating group) is 1. The van der Waals surface area contributed by atoms with Crippen LogP contribution in [-0.4, -0.2) is 24.8 Å². The average molecular weight is 205 g/mol. The largest absolute Gasteiger partial charge is 0.302 e. The van der Waals surface area contributed by atoms with Crippen LogP contribution in [0.2, 0.25) is 0 Å². The molecule has 0 unspecified atom stereocenters. The lowest BCUT2D eigenvalue weighted by Gasteiger charge is -2.16. The van der Waals surface area contributed by atoms with Gasteiger partial charge < -0.3 is 4.79 Å². The van der Waals surface area contributed by atoms with Crippen molar-refractivity contribution in [2.45, 2.75) is 27.3 Å². The van der Waals surface area contributed by atoms with E-state index < -0.39 is 0 Å². The zero-order valence-electron chi connectivity index (χ0n) is 10.0. The number of carbonyl (C=O) groups excluding carboxylic acids is 1. The first kappa shape index (κ1) is 11.9. The van der Waals surface area contributed by atoms with E-state index in [0.717, 1.165) is 12.8 Å². The Bertz CT molecular complexity index is 358. The minimum Gasteiger partial charge on any atom is -0.302 e. The van der Waals surface area contributed by atoms with E-state index in [1.807, 2.05) is 11.9 Å². The molecule has 0 aliphatic rings. The minimum atomic E-state index is 0.492. The third-order valence-corrected chi connectivity index (χ3v) is 2.78. The van der Waals surface area contributed by atoms with Crippen LogP contribution >= 0.6 is 0 Å². The molecule has 0 radical (unpaired) electrons. The number of nitrogens with zero attached hydrogens (tertiary/aromatic N) is 1. The summed E-state index contributed by atoms with van der Waals surface area (Å²) in [6.45, 7) is 7.70. The van der Waals surface area contributed by atoms with E-state index >= 15 is 0 Å². The fraction of sp³-hybridized carbons (Fsp3) is 0.462. The van der Waals surface area contributed by atoms with Gasteiger partial charge in [0, 0.05) is 6.54 Å². The third kappa shape index (κ3) is 3.17. The maximum absolute atomic E-state index is 10.4. The van der Waals surface area contributed by atoms with Gasteiger partial charge in [-0.2, -0.15) is 0 Å². The Morgan fingerprint density at radius 2 is 1.73 bits per heavy atom. The first-order valence-electron chi connectivity index (χ1n) is 5.23. The van der Waals surface area contributed by atoms with Crippen molar-refractivity contribution < 1.29 is 4.79 Å². The van der Waals surface area contributed by atoms with Gasteiger partial charge in [0.25, 0.3) is 0 Å². The van der Waals surface area contributed by atoms with Gasteiger partial charge in [-0.15, -0.1) is 0 Å². The van der Waals surface area contributed by atoms with E-state index in [0.29, 0.717) is 6.54 Å². The van der Waals surface area contributed by atoms with E-state index in [2.05, 4.69) is 32.9 Å². The van der Waals surface area contributed by atoms with Crippen LogP contribution in [0.25, 0.3) is 0 Å². The Hall–Kier alpha value is -1.15. The number of aldehydes is 1. The molecule has 1 rings (SSSR count). The highest BCUT2D eigenvalue weighted by Crippen LogP contribution is 2.16. The molecule has 0 N–H and O–H groups in total. The van der Waals surface area contributed by atoms with Crippen LogP contribution in [0.5, 0.6) is 0 Å². The lowest BCUT2D eigenvalue weighted by molar-refractivity contribution is -0.108. The lowest BCUT2D eigenvalue weighted by Crippen LogP contribution is -2.20. The van der Waals surface area contributed by atoms with Crippen LogP contribution in [0.15, 0.2) is 12.1 Å². The molecular formula is C13H19NO. The van der Waals surface area contributed by atoms with Gasteiger partial charge in [0.1, 0.15) is 6.29 Å². The van der Waals surface area contributed by atoms with Crippen molar-refractivity contribution in [2.24, 2.45) is 0 Å². The number of rotatable bonds is 4. The molecule has 0 aliphatic carbocycles. The standard InChI is InChI=1S/C13H19NO/c1-10-7-12(3)13(8-11(10)2)9-14(4)5-6-15/h6-8H,5,9H2,1-4H3. The number of aryl methyl sites for hydroxylation is 3. The van der Waals surface area contributed by atoms with Gasteiger partial charge in [0.05, 0.1) is 6.54 Å². The van der Waals surface area contributed by atoms with Gasteiger partial charge in [0.15, 0.2) is 0 Å².